The van der Waals surface area contributed by atoms with E-state index in [1.807, 2.05) is 0 Å². The summed E-state index contributed by atoms with van der Waals surface area (Å²) in [6.45, 7) is 3.34. The van der Waals surface area contributed by atoms with Crippen molar-refractivity contribution < 1.29 is 18.7 Å². The highest BCUT2D eigenvalue weighted by molar-refractivity contribution is 5.92. The molecule has 0 aliphatic rings. The first-order chi connectivity index (χ1) is 10.5. The fraction of sp³-hybridized carbons (Fsp3) is 0.267. The summed E-state index contributed by atoms with van der Waals surface area (Å²) in [4.78, 5) is 19.8. The van der Waals surface area contributed by atoms with Crippen molar-refractivity contribution in [2.45, 2.75) is 13.8 Å². The van der Waals surface area contributed by atoms with Gasteiger partial charge in [0.05, 0.1) is 17.1 Å². The third kappa shape index (κ3) is 3.76. The highest BCUT2D eigenvalue weighted by Crippen LogP contribution is 2.25. The van der Waals surface area contributed by atoms with Crippen LogP contribution in [-0.4, -0.2) is 29.6 Å². The lowest BCUT2D eigenvalue weighted by atomic mass is 10.3. The number of carbonyl (C=O) groups excluding carboxylic acids is 1. The van der Waals surface area contributed by atoms with Gasteiger partial charge < -0.3 is 14.8 Å². The van der Waals surface area contributed by atoms with Gasteiger partial charge in [0.2, 0.25) is 5.91 Å². The van der Waals surface area contributed by atoms with Gasteiger partial charge in [-0.3, -0.25) is 4.79 Å². The number of ether oxygens (including phenoxy) is 2. The molecule has 0 radical (unpaired) electrons. The van der Waals surface area contributed by atoms with E-state index in [0.717, 1.165) is 0 Å². The Bertz CT molecular complexity index is 668. The second-order valence-corrected chi connectivity index (χ2v) is 4.57. The van der Waals surface area contributed by atoms with Crippen molar-refractivity contribution in [2.75, 3.05) is 19.0 Å². The van der Waals surface area contributed by atoms with Gasteiger partial charge in [0.25, 0.3) is 0 Å². The Balaban J connectivity index is 2.23. The number of benzene rings is 1. The fourth-order valence-electron chi connectivity index (χ4n) is 1.84. The van der Waals surface area contributed by atoms with Crippen molar-refractivity contribution in [1.29, 1.82) is 0 Å². The zero-order valence-electron chi connectivity index (χ0n) is 12.5. The van der Waals surface area contributed by atoms with Gasteiger partial charge in [0.15, 0.2) is 11.6 Å². The van der Waals surface area contributed by atoms with Crippen LogP contribution in [0.4, 0.5) is 10.1 Å². The molecule has 0 bridgehead atoms. The van der Waals surface area contributed by atoms with E-state index in [1.165, 1.54) is 19.2 Å². The van der Waals surface area contributed by atoms with Crippen LogP contribution in [0.25, 0.3) is 0 Å². The summed E-state index contributed by atoms with van der Waals surface area (Å²) >= 11 is 0. The maximum atomic E-state index is 13.6. The van der Waals surface area contributed by atoms with Crippen molar-refractivity contribution in [3.63, 3.8) is 0 Å². The molecular formula is C15H16FN3O3. The van der Waals surface area contributed by atoms with Crippen molar-refractivity contribution >= 4 is 11.6 Å². The number of carbonyl (C=O) groups is 1. The van der Waals surface area contributed by atoms with E-state index in [4.69, 9.17) is 9.47 Å². The van der Waals surface area contributed by atoms with Crippen molar-refractivity contribution in [2.24, 2.45) is 0 Å². The minimum Gasteiger partial charge on any atom is -0.421 e. The lowest BCUT2D eigenvalue weighted by molar-refractivity contribution is -0.119. The van der Waals surface area contributed by atoms with Crippen molar-refractivity contribution in [3.05, 3.63) is 41.5 Å². The molecule has 0 aliphatic heterocycles. The number of hydrogen-bond acceptors (Lipinski definition) is 5. The summed E-state index contributed by atoms with van der Waals surface area (Å²) in [5.74, 6) is -0.767. The van der Waals surface area contributed by atoms with Gasteiger partial charge in [-0.1, -0.05) is 12.1 Å². The van der Waals surface area contributed by atoms with E-state index in [-0.39, 0.29) is 24.3 Å². The van der Waals surface area contributed by atoms with Gasteiger partial charge in [-0.2, -0.15) is 9.97 Å². The molecule has 7 heteroatoms. The molecule has 0 spiro atoms. The van der Waals surface area contributed by atoms with Crippen LogP contribution >= 0.6 is 0 Å². The number of methoxy groups -OCH3 is 1. The second kappa shape index (κ2) is 6.95. The molecule has 6 nitrogen and oxygen atoms in total. The van der Waals surface area contributed by atoms with Gasteiger partial charge in [-0.15, -0.1) is 0 Å². The monoisotopic (exact) mass is 305 g/mol. The minimum absolute atomic E-state index is 0.0184. The number of rotatable bonds is 5. The van der Waals surface area contributed by atoms with E-state index in [0.29, 0.717) is 17.1 Å². The molecule has 1 heterocycles. The topological polar surface area (TPSA) is 73.3 Å². The normalized spacial score (nSPS) is 10.4. The highest BCUT2D eigenvalue weighted by Gasteiger charge is 2.13. The summed E-state index contributed by atoms with van der Waals surface area (Å²) < 4.78 is 23.7. The molecule has 1 aromatic heterocycles. The molecule has 0 fully saturated rings. The summed E-state index contributed by atoms with van der Waals surface area (Å²) in [6, 6.07) is 6.00. The van der Waals surface area contributed by atoms with Crippen LogP contribution in [0, 0.1) is 19.7 Å². The molecule has 1 N–H and O–H groups in total. The van der Waals surface area contributed by atoms with Gasteiger partial charge in [0, 0.05) is 7.11 Å². The van der Waals surface area contributed by atoms with E-state index >= 15 is 0 Å². The molecule has 1 aromatic carbocycles. The Morgan fingerprint density at radius 1 is 1.23 bits per heavy atom. The Morgan fingerprint density at radius 2 is 1.86 bits per heavy atom. The molecule has 22 heavy (non-hydrogen) atoms. The lowest BCUT2D eigenvalue weighted by Gasteiger charge is -2.12. The Hall–Kier alpha value is -2.54. The number of nitrogens with zero attached hydrogens (tertiary/aromatic N) is 2. The zero-order valence-corrected chi connectivity index (χ0v) is 12.5. The van der Waals surface area contributed by atoms with Gasteiger partial charge in [0.1, 0.15) is 6.61 Å². The van der Waals surface area contributed by atoms with E-state index < -0.39 is 5.82 Å². The summed E-state index contributed by atoms with van der Waals surface area (Å²) in [7, 11) is 1.43. The van der Waals surface area contributed by atoms with Crippen LogP contribution in [0.2, 0.25) is 0 Å². The second-order valence-electron chi connectivity index (χ2n) is 4.57. The average molecular weight is 305 g/mol. The number of halogens is 1. The minimum atomic E-state index is -0.501. The lowest BCUT2D eigenvalue weighted by Crippen LogP contribution is -2.19. The van der Waals surface area contributed by atoms with Crippen molar-refractivity contribution in [3.8, 4) is 11.8 Å². The largest absolute Gasteiger partial charge is 0.421 e. The smallest absolute Gasteiger partial charge is 0.322 e. The maximum absolute atomic E-state index is 13.6. The molecule has 1 amide bonds. The third-order valence-corrected chi connectivity index (χ3v) is 2.83. The number of anilines is 1. The molecule has 0 saturated heterocycles. The number of aryl methyl sites for hydroxylation is 2. The number of hydrogen-bond donors (Lipinski definition) is 1. The molecule has 116 valence electrons. The van der Waals surface area contributed by atoms with Crippen molar-refractivity contribution in [1.82, 2.24) is 9.97 Å². The quantitative estimate of drug-likeness (QED) is 0.919. The predicted molar refractivity (Wildman–Crippen MR) is 78.5 cm³/mol. The number of amides is 1. The first-order valence-corrected chi connectivity index (χ1v) is 6.57. The van der Waals surface area contributed by atoms with E-state index in [1.54, 1.807) is 26.0 Å². The molecule has 0 atom stereocenters. The summed E-state index contributed by atoms with van der Waals surface area (Å²) in [5, 5.41) is 2.66. The summed E-state index contributed by atoms with van der Waals surface area (Å²) in [6.07, 6.45) is 0. The first kappa shape index (κ1) is 15.8. The molecule has 2 aromatic rings. The fourth-order valence-corrected chi connectivity index (χ4v) is 1.84. The average Bonchev–Trinajstić information content (AvgIpc) is 2.46. The molecule has 0 saturated carbocycles. The zero-order chi connectivity index (χ0) is 16.1. The van der Waals surface area contributed by atoms with Crippen LogP contribution < -0.4 is 10.1 Å². The Kier molecular flexibility index (Phi) is 5.00. The predicted octanol–water partition coefficient (Wildman–Crippen LogP) is 2.61. The van der Waals surface area contributed by atoms with Crippen LogP contribution in [0.15, 0.2) is 24.3 Å². The van der Waals surface area contributed by atoms with E-state index in [2.05, 4.69) is 15.3 Å². The van der Waals surface area contributed by atoms with Gasteiger partial charge in [-0.25, -0.2) is 4.39 Å². The molecular weight excluding hydrogens is 289 g/mol. The van der Waals surface area contributed by atoms with E-state index in [9.17, 15) is 9.18 Å². The number of aromatic nitrogens is 2. The van der Waals surface area contributed by atoms with Crippen LogP contribution in [0.3, 0.4) is 0 Å². The standard InChI is InChI=1S/C15H16FN3O3/c1-9-14(19-13(20)8-21-3)10(2)18-15(17-9)22-12-7-5-4-6-11(12)16/h4-7H,8H2,1-3H3,(H,19,20). The first-order valence-electron chi connectivity index (χ1n) is 6.57. The molecule has 0 unspecified atom stereocenters. The highest BCUT2D eigenvalue weighted by atomic mass is 19.1. The third-order valence-electron chi connectivity index (χ3n) is 2.83. The number of para-hydroxylation sites is 1. The SMILES string of the molecule is COCC(=O)Nc1c(C)nc(Oc2ccccc2F)nc1C. The van der Waals surface area contributed by atoms with Gasteiger partial charge in [-0.05, 0) is 26.0 Å². The molecule has 0 aliphatic carbocycles. The Labute approximate surface area is 127 Å². The van der Waals surface area contributed by atoms with Gasteiger partial charge >= 0.3 is 6.01 Å². The Morgan fingerprint density at radius 3 is 2.45 bits per heavy atom. The van der Waals surface area contributed by atoms with Crippen LogP contribution in [-0.2, 0) is 9.53 Å². The number of nitrogens with one attached hydrogen (secondary N) is 1. The maximum Gasteiger partial charge on any atom is 0.322 e. The van der Waals surface area contributed by atoms with Crippen LogP contribution in [0.5, 0.6) is 11.8 Å². The van der Waals surface area contributed by atoms with Crippen LogP contribution in [0.1, 0.15) is 11.4 Å². The molecule has 2 rings (SSSR count). The summed E-state index contributed by atoms with van der Waals surface area (Å²) in [5.41, 5.74) is 1.52.